The highest BCUT2D eigenvalue weighted by Crippen LogP contribution is 2.16. The average molecular weight is 461 g/mol. The third kappa shape index (κ3) is 10.3. The van der Waals surface area contributed by atoms with Gasteiger partial charge in [-0.15, -0.1) is 6.58 Å². The van der Waals surface area contributed by atoms with Crippen molar-refractivity contribution in [3.05, 3.63) is 60.3 Å². The number of piperazine rings is 1. The van der Waals surface area contributed by atoms with Crippen LogP contribution in [0.3, 0.4) is 0 Å². The third-order valence-electron chi connectivity index (χ3n) is 5.29. The summed E-state index contributed by atoms with van der Waals surface area (Å²) < 4.78 is 17.6. The standard InChI is InChI=1S/C24H40N6O3/c1-5-7-27-24-16-21(18-26-19-28-24)32-13-6-22(31-4)23(15-20(2)17-25)33-14-12-30-10-8-29(3)9-11-30/h5-6,15-16,19,24,27H,1-2,7-14,17-18,25H2,3-4H3,(H,26,28)/b22-6+,23-15+. The molecular formula is C24H40N6O3. The van der Waals surface area contributed by atoms with Crippen molar-refractivity contribution in [3.63, 3.8) is 0 Å². The van der Waals surface area contributed by atoms with Crippen LogP contribution in [0.2, 0.25) is 0 Å². The van der Waals surface area contributed by atoms with Gasteiger partial charge in [-0.3, -0.25) is 15.2 Å². The molecule has 0 aromatic heterocycles. The molecule has 0 aliphatic carbocycles. The highest BCUT2D eigenvalue weighted by Gasteiger charge is 2.15. The van der Waals surface area contributed by atoms with E-state index < -0.39 is 0 Å². The van der Waals surface area contributed by atoms with Gasteiger partial charge in [-0.2, -0.15) is 0 Å². The Morgan fingerprint density at radius 3 is 2.82 bits per heavy atom. The molecule has 0 bridgehead atoms. The first-order valence-corrected chi connectivity index (χ1v) is 11.4. The fourth-order valence-corrected chi connectivity index (χ4v) is 3.27. The molecule has 0 amide bonds. The fourth-order valence-electron chi connectivity index (χ4n) is 3.27. The second-order valence-corrected chi connectivity index (χ2v) is 7.89. The van der Waals surface area contributed by atoms with Crippen LogP contribution in [0.15, 0.2) is 65.3 Å². The van der Waals surface area contributed by atoms with Gasteiger partial charge in [0.15, 0.2) is 11.5 Å². The molecule has 0 radical (unpaired) electrons. The smallest absolute Gasteiger partial charge is 0.161 e. The van der Waals surface area contributed by atoms with E-state index in [0.29, 0.717) is 44.4 Å². The zero-order valence-electron chi connectivity index (χ0n) is 20.1. The van der Waals surface area contributed by atoms with Gasteiger partial charge in [-0.1, -0.05) is 12.7 Å². The number of likely N-dealkylation sites (N-methyl/N-ethyl adjacent to an activating group) is 1. The summed E-state index contributed by atoms with van der Waals surface area (Å²) >= 11 is 0. The zero-order chi connectivity index (χ0) is 23.9. The summed E-state index contributed by atoms with van der Waals surface area (Å²) in [6, 6.07) is 0. The number of methoxy groups -OCH3 is 1. The maximum atomic E-state index is 6.09. The Morgan fingerprint density at radius 2 is 2.12 bits per heavy atom. The maximum absolute atomic E-state index is 6.09. The SMILES string of the molecule is C=CCNC1C=C(OC/C=C(OC)\C(=C/C(=C)CN)OCCN2CCN(C)CC2)CN=CN1. The van der Waals surface area contributed by atoms with E-state index in [4.69, 9.17) is 19.9 Å². The normalized spacial score (nSPS) is 20.5. The van der Waals surface area contributed by atoms with Gasteiger partial charge in [0.2, 0.25) is 0 Å². The van der Waals surface area contributed by atoms with E-state index >= 15 is 0 Å². The molecule has 33 heavy (non-hydrogen) atoms. The Morgan fingerprint density at radius 1 is 1.33 bits per heavy atom. The molecule has 1 atom stereocenters. The van der Waals surface area contributed by atoms with Gasteiger partial charge in [0.1, 0.15) is 25.1 Å². The van der Waals surface area contributed by atoms with Gasteiger partial charge in [0.25, 0.3) is 0 Å². The predicted octanol–water partition coefficient (Wildman–Crippen LogP) is 0.813. The lowest BCUT2D eigenvalue weighted by atomic mass is 10.2. The molecule has 1 unspecified atom stereocenters. The van der Waals surface area contributed by atoms with Crippen molar-refractivity contribution in [2.75, 3.05) is 79.7 Å². The predicted molar refractivity (Wildman–Crippen MR) is 134 cm³/mol. The van der Waals surface area contributed by atoms with Crippen molar-refractivity contribution in [2.45, 2.75) is 6.17 Å². The fraction of sp³-hybridized carbons (Fsp3) is 0.542. The Balaban J connectivity index is 1.96. The molecule has 2 rings (SSSR count). The monoisotopic (exact) mass is 460 g/mol. The van der Waals surface area contributed by atoms with Crippen molar-refractivity contribution in [2.24, 2.45) is 10.7 Å². The van der Waals surface area contributed by atoms with Crippen LogP contribution in [0.4, 0.5) is 0 Å². The number of aliphatic imine (C=N–C) groups is 1. The highest BCUT2D eigenvalue weighted by molar-refractivity contribution is 5.56. The first-order chi connectivity index (χ1) is 16.0. The third-order valence-corrected chi connectivity index (χ3v) is 5.29. The molecule has 9 heteroatoms. The number of hydrogen-bond donors (Lipinski definition) is 3. The summed E-state index contributed by atoms with van der Waals surface area (Å²) in [7, 11) is 3.76. The van der Waals surface area contributed by atoms with Crippen molar-refractivity contribution in [3.8, 4) is 0 Å². The number of ether oxygens (including phenoxy) is 3. The molecule has 184 valence electrons. The van der Waals surface area contributed by atoms with E-state index in [1.807, 2.05) is 18.2 Å². The summed E-state index contributed by atoms with van der Waals surface area (Å²) in [4.78, 5) is 9.02. The van der Waals surface area contributed by atoms with Crippen LogP contribution < -0.4 is 16.4 Å². The van der Waals surface area contributed by atoms with Gasteiger partial charge in [0.05, 0.1) is 20.0 Å². The Kier molecular flexibility index (Phi) is 12.3. The average Bonchev–Trinajstić information content (AvgIpc) is 3.06. The lowest BCUT2D eigenvalue weighted by Gasteiger charge is -2.32. The van der Waals surface area contributed by atoms with Crippen LogP contribution in [0.1, 0.15) is 0 Å². The van der Waals surface area contributed by atoms with E-state index in [-0.39, 0.29) is 6.17 Å². The van der Waals surface area contributed by atoms with Crippen LogP contribution in [0, 0.1) is 0 Å². The molecule has 0 spiro atoms. The van der Waals surface area contributed by atoms with E-state index in [2.05, 4.69) is 45.6 Å². The minimum atomic E-state index is -0.0728. The first-order valence-electron chi connectivity index (χ1n) is 11.4. The molecule has 0 saturated carbocycles. The van der Waals surface area contributed by atoms with E-state index in [0.717, 1.165) is 44.1 Å². The van der Waals surface area contributed by atoms with Crippen molar-refractivity contribution >= 4 is 6.34 Å². The topological polar surface area (TPSA) is 96.6 Å². The largest absolute Gasteiger partial charge is 0.493 e. The number of rotatable bonds is 14. The van der Waals surface area contributed by atoms with Gasteiger partial charge >= 0.3 is 0 Å². The van der Waals surface area contributed by atoms with Crippen molar-refractivity contribution in [1.82, 2.24) is 20.4 Å². The van der Waals surface area contributed by atoms with E-state index in [9.17, 15) is 0 Å². The Hall–Kier alpha value is -2.59. The van der Waals surface area contributed by atoms with Crippen LogP contribution in [-0.4, -0.2) is 102 Å². The number of nitrogens with two attached hydrogens (primary N) is 1. The van der Waals surface area contributed by atoms with Gasteiger partial charge in [0, 0.05) is 45.8 Å². The molecule has 9 nitrogen and oxygen atoms in total. The summed E-state index contributed by atoms with van der Waals surface area (Å²) in [5.41, 5.74) is 6.50. The number of nitrogens with one attached hydrogen (secondary N) is 2. The number of nitrogens with zero attached hydrogens (tertiary/aromatic N) is 3. The summed E-state index contributed by atoms with van der Waals surface area (Å²) in [5, 5.41) is 6.43. The lowest BCUT2D eigenvalue weighted by molar-refractivity contribution is 0.106. The van der Waals surface area contributed by atoms with Crippen LogP contribution in [-0.2, 0) is 14.2 Å². The van der Waals surface area contributed by atoms with Gasteiger partial charge in [-0.25, -0.2) is 0 Å². The van der Waals surface area contributed by atoms with Gasteiger partial charge < -0.3 is 30.2 Å². The Bertz CT molecular complexity index is 738. The molecule has 4 N–H and O–H groups in total. The lowest BCUT2D eigenvalue weighted by Crippen LogP contribution is -2.45. The molecule has 1 fully saturated rings. The van der Waals surface area contributed by atoms with Crippen LogP contribution in [0.5, 0.6) is 0 Å². The minimum Gasteiger partial charge on any atom is -0.493 e. The summed E-state index contributed by atoms with van der Waals surface area (Å²) in [6.07, 6.45) is 9.05. The molecule has 0 aromatic rings. The second kappa shape index (κ2) is 15.3. The summed E-state index contributed by atoms with van der Waals surface area (Å²) in [6.45, 7) is 15.1. The molecule has 1 saturated heterocycles. The van der Waals surface area contributed by atoms with Crippen molar-refractivity contribution < 1.29 is 14.2 Å². The Labute approximate surface area is 198 Å². The maximum Gasteiger partial charge on any atom is 0.161 e. The number of hydrogen-bond acceptors (Lipinski definition) is 9. The molecule has 0 aromatic carbocycles. The first kappa shape index (κ1) is 26.7. The van der Waals surface area contributed by atoms with Crippen LogP contribution in [0.25, 0.3) is 0 Å². The summed E-state index contributed by atoms with van der Waals surface area (Å²) in [5.74, 6) is 1.95. The highest BCUT2D eigenvalue weighted by atomic mass is 16.5. The second-order valence-electron chi connectivity index (χ2n) is 7.89. The molecule has 2 aliphatic rings. The molecule has 2 aliphatic heterocycles. The van der Waals surface area contributed by atoms with E-state index in [1.54, 1.807) is 19.5 Å². The van der Waals surface area contributed by atoms with Crippen molar-refractivity contribution in [1.29, 1.82) is 0 Å². The van der Waals surface area contributed by atoms with E-state index in [1.165, 1.54) is 0 Å². The van der Waals surface area contributed by atoms with Crippen LogP contribution >= 0.6 is 0 Å². The quantitative estimate of drug-likeness (QED) is 0.199. The zero-order valence-corrected chi connectivity index (χ0v) is 20.1. The minimum absolute atomic E-state index is 0.0728. The van der Waals surface area contributed by atoms with Gasteiger partial charge in [-0.05, 0) is 30.8 Å². The molecular weight excluding hydrogens is 420 g/mol. The molecule has 2 heterocycles.